The fourth-order valence-electron chi connectivity index (χ4n) is 1.47. The molecule has 4 heteroatoms. The molecule has 82 valence electrons. The van der Waals surface area contributed by atoms with E-state index in [0.717, 1.165) is 27.8 Å². The Morgan fingerprint density at radius 2 is 2.00 bits per heavy atom. The number of nitrogens with two attached hydrogens (primary N) is 1. The average molecular weight is 278 g/mol. The first-order valence-corrected chi connectivity index (χ1v) is 5.86. The molecule has 0 amide bonds. The van der Waals surface area contributed by atoms with Crippen LogP contribution in [0.4, 0.5) is 0 Å². The highest BCUT2D eigenvalue weighted by atomic mass is 79.9. The normalized spacial score (nSPS) is 10.4. The maximum Gasteiger partial charge on any atom is 0.0899 e. The molecule has 0 radical (unpaired) electrons. The summed E-state index contributed by atoms with van der Waals surface area (Å²) in [7, 11) is 0. The molecule has 0 unspecified atom stereocenters. The zero-order valence-electron chi connectivity index (χ0n) is 8.73. The van der Waals surface area contributed by atoms with Crippen molar-refractivity contribution in [1.29, 1.82) is 0 Å². The van der Waals surface area contributed by atoms with Gasteiger partial charge in [-0.15, -0.1) is 0 Å². The third kappa shape index (κ3) is 2.46. The standard InChI is InChI=1S/C12H12BrN3/c13-11-4-2-1-3-10(11)12-8-15-7-9(16-12)5-6-14/h1-4,7-8H,5-6,14H2. The van der Waals surface area contributed by atoms with E-state index in [0.29, 0.717) is 6.54 Å². The van der Waals surface area contributed by atoms with Crippen molar-refractivity contribution in [2.24, 2.45) is 5.73 Å². The molecule has 0 atom stereocenters. The number of halogens is 1. The van der Waals surface area contributed by atoms with Crippen LogP contribution in [0.25, 0.3) is 11.3 Å². The van der Waals surface area contributed by atoms with E-state index in [9.17, 15) is 0 Å². The maximum absolute atomic E-state index is 5.50. The van der Waals surface area contributed by atoms with Crippen LogP contribution < -0.4 is 5.73 Å². The summed E-state index contributed by atoms with van der Waals surface area (Å²) in [5.41, 5.74) is 8.35. The van der Waals surface area contributed by atoms with E-state index in [1.165, 1.54) is 0 Å². The van der Waals surface area contributed by atoms with Crippen molar-refractivity contribution in [1.82, 2.24) is 9.97 Å². The Kier molecular flexibility index (Phi) is 3.64. The van der Waals surface area contributed by atoms with Crippen LogP contribution in [-0.4, -0.2) is 16.5 Å². The van der Waals surface area contributed by atoms with Crippen molar-refractivity contribution in [3.63, 3.8) is 0 Å². The quantitative estimate of drug-likeness (QED) is 0.938. The van der Waals surface area contributed by atoms with Gasteiger partial charge >= 0.3 is 0 Å². The van der Waals surface area contributed by atoms with Gasteiger partial charge in [0.25, 0.3) is 0 Å². The molecule has 0 saturated carbocycles. The Hall–Kier alpha value is -1.26. The second-order valence-corrected chi connectivity index (χ2v) is 4.27. The predicted molar refractivity (Wildman–Crippen MR) is 67.9 cm³/mol. The molecular formula is C12H12BrN3. The minimum atomic E-state index is 0.591. The van der Waals surface area contributed by atoms with Gasteiger partial charge in [-0.25, -0.2) is 4.98 Å². The van der Waals surface area contributed by atoms with E-state index in [1.54, 1.807) is 12.4 Å². The van der Waals surface area contributed by atoms with Gasteiger partial charge in [0.1, 0.15) is 0 Å². The third-order valence-electron chi connectivity index (χ3n) is 2.23. The van der Waals surface area contributed by atoms with Crippen LogP contribution >= 0.6 is 15.9 Å². The second-order valence-electron chi connectivity index (χ2n) is 3.41. The molecule has 0 bridgehead atoms. The van der Waals surface area contributed by atoms with E-state index in [-0.39, 0.29) is 0 Å². The largest absolute Gasteiger partial charge is 0.330 e. The predicted octanol–water partition coefficient (Wildman–Crippen LogP) is 2.41. The minimum Gasteiger partial charge on any atom is -0.330 e. The van der Waals surface area contributed by atoms with Crippen molar-refractivity contribution in [3.8, 4) is 11.3 Å². The molecule has 0 spiro atoms. The van der Waals surface area contributed by atoms with Gasteiger partial charge in [0.2, 0.25) is 0 Å². The monoisotopic (exact) mass is 277 g/mol. The molecule has 1 heterocycles. The topological polar surface area (TPSA) is 51.8 Å². The van der Waals surface area contributed by atoms with Crippen LogP contribution in [0.5, 0.6) is 0 Å². The zero-order chi connectivity index (χ0) is 11.4. The first-order chi connectivity index (χ1) is 7.81. The Morgan fingerprint density at radius 1 is 1.19 bits per heavy atom. The van der Waals surface area contributed by atoms with E-state index >= 15 is 0 Å². The second kappa shape index (κ2) is 5.18. The number of hydrogen-bond donors (Lipinski definition) is 1. The third-order valence-corrected chi connectivity index (χ3v) is 2.93. The molecule has 2 rings (SSSR count). The number of aromatic nitrogens is 2. The van der Waals surface area contributed by atoms with E-state index < -0.39 is 0 Å². The van der Waals surface area contributed by atoms with Gasteiger partial charge < -0.3 is 5.73 Å². The highest BCUT2D eigenvalue weighted by Crippen LogP contribution is 2.25. The molecule has 16 heavy (non-hydrogen) atoms. The van der Waals surface area contributed by atoms with Gasteiger partial charge in [-0.05, 0) is 12.6 Å². The molecule has 0 aliphatic rings. The number of hydrogen-bond acceptors (Lipinski definition) is 3. The van der Waals surface area contributed by atoms with Gasteiger partial charge in [-0.3, -0.25) is 4.98 Å². The smallest absolute Gasteiger partial charge is 0.0899 e. The Bertz CT molecular complexity index is 485. The van der Waals surface area contributed by atoms with Gasteiger partial charge in [0.15, 0.2) is 0 Å². The molecule has 1 aromatic heterocycles. The summed E-state index contributed by atoms with van der Waals surface area (Å²) in [6, 6.07) is 7.97. The van der Waals surface area contributed by atoms with Gasteiger partial charge in [0, 0.05) is 22.7 Å². The SMILES string of the molecule is NCCc1cncc(-c2ccccc2Br)n1. The Morgan fingerprint density at radius 3 is 2.75 bits per heavy atom. The lowest BCUT2D eigenvalue weighted by molar-refractivity contribution is 0.910. The fraction of sp³-hybridized carbons (Fsp3) is 0.167. The number of nitrogens with zero attached hydrogens (tertiary/aromatic N) is 2. The summed E-state index contributed by atoms with van der Waals surface area (Å²) >= 11 is 3.50. The number of rotatable bonds is 3. The molecule has 3 nitrogen and oxygen atoms in total. The summed E-state index contributed by atoms with van der Waals surface area (Å²) in [6.45, 7) is 0.591. The van der Waals surface area contributed by atoms with Crippen LogP contribution in [0, 0.1) is 0 Å². The number of benzene rings is 1. The maximum atomic E-state index is 5.50. The molecular weight excluding hydrogens is 266 g/mol. The molecule has 2 aromatic rings. The van der Waals surface area contributed by atoms with Crippen molar-refractivity contribution in [2.75, 3.05) is 6.54 Å². The van der Waals surface area contributed by atoms with Crippen molar-refractivity contribution in [3.05, 3.63) is 46.8 Å². The van der Waals surface area contributed by atoms with E-state index in [2.05, 4.69) is 25.9 Å². The van der Waals surface area contributed by atoms with Gasteiger partial charge in [-0.2, -0.15) is 0 Å². The minimum absolute atomic E-state index is 0.591. The summed E-state index contributed by atoms with van der Waals surface area (Å²) in [6.07, 6.45) is 4.28. The lowest BCUT2D eigenvalue weighted by Crippen LogP contribution is -2.05. The van der Waals surface area contributed by atoms with Crippen LogP contribution in [0.1, 0.15) is 5.69 Å². The van der Waals surface area contributed by atoms with Crippen LogP contribution in [0.2, 0.25) is 0 Å². The van der Waals surface area contributed by atoms with Crippen LogP contribution in [0.15, 0.2) is 41.1 Å². The van der Waals surface area contributed by atoms with E-state index in [4.69, 9.17) is 5.73 Å². The Balaban J connectivity index is 2.40. The zero-order valence-corrected chi connectivity index (χ0v) is 10.3. The molecule has 0 fully saturated rings. The van der Waals surface area contributed by atoms with Crippen molar-refractivity contribution in [2.45, 2.75) is 6.42 Å². The highest BCUT2D eigenvalue weighted by Gasteiger charge is 2.04. The van der Waals surface area contributed by atoms with Crippen molar-refractivity contribution < 1.29 is 0 Å². The van der Waals surface area contributed by atoms with Crippen LogP contribution in [0.3, 0.4) is 0 Å². The highest BCUT2D eigenvalue weighted by molar-refractivity contribution is 9.10. The molecule has 0 aliphatic carbocycles. The van der Waals surface area contributed by atoms with Crippen LogP contribution in [-0.2, 0) is 6.42 Å². The summed E-state index contributed by atoms with van der Waals surface area (Å²) in [5, 5.41) is 0. The lowest BCUT2D eigenvalue weighted by atomic mass is 10.1. The average Bonchev–Trinajstić information content (AvgIpc) is 2.30. The van der Waals surface area contributed by atoms with Crippen molar-refractivity contribution >= 4 is 15.9 Å². The molecule has 2 N–H and O–H groups in total. The van der Waals surface area contributed by atoms with Gasteiger partial charge in [-0.1, -0.05) is 34.1 Å². The van der Waals surface area contributed by atoms with E-state index in [1.807, 2.05) is 24.3 Å². The molecule has 0 aliphatic heterocycles. The Labute approximate surface area is 103 Å². The first kappa shape index (κ1) is 11.2. The first-order valence-electron chi connectivity index (χ1n) is 5.07. The molecule has 0 saturated heterocycles. The fourth-order valence-corrected chi connectivity index (χ4v) is 1.96. The summed E-state index contributed by atoms with van der Waals surface area (Å²) in [5.74, 6) is 0. The molecule has 1 aromatic carbocycles. The van der Waals surface area contributed by atoms with Gasteiger partial charge in [0.05, 0.1) is 17.6 Å². The summed E-state index contributed by atoms with van der Waals surface area (Å²) in [4.78, 5) is 8.70. The summed E-state index contributed by atoms with van der Waals surface area (Å²) < 4.78 is 1.02. The lowest BCUT2D eigenvalue weighted by Gasteiger charge is -2.04.